The highest BCUT2D eigenvalue weighted by molar-refractivity contribution is 5.76. The highest BCUT2D eigenvalue weighted by atomic mass is 16.2. The summed E-state index contributed by atoms with van der Waals surface area (Å²) in [5.74, 6) is 0.456. The Balaban J connectivity index is 1.48. The maximum Gasteiger partial charge on any atom is 0.224 e. The molecule has 1 fully saturated rings. The van der Waals surface area contributed by atoms with Crippen molar-refractivity contribution in [2.75, 3.05) is 18.8 Å². The number of anilines is 1. The molecule has 1 aliphatic heterocycles. The minimum absolute atomic E-state index is 0.0604. The molecular formula is C15H20N8O. The molecule has 9 nitrogen and oxygen atoms in total. The van der Waals surface area contributed by atoms with Gasteiger partial charge in [-0.05, 0) is 41.7 Å². The van der Waals surface area contributed by atoms with E-state index in [4.69, 9.17) is 5.73 Å². The Kier molecular flexibility index (Phi) is 3.62. The van der Waals surface area contributed by atoms with Gasteiger partial charge in [0.05, 0.1) is 12.2 Å². The van der Waals surface area contributed by atoms with Crippen LogP contribution in [0.5, 0.6) is 0 Å². The van der Waals surface area contributed by atoms with Gasteiger partial charge in [-0.1, -0.05) is 0 Å². The number of hydrogen-bond acceptors (Lipinski definition) is 7. The largest absolute Gasteiger partial charge is 0.368 e. The zero-order chi connectivity index (χ0) is 16.6. The lowest BCUT2D eigenvalue weighted by Crippen LogP contribution is -2.48. The average Bonchev–Trinajstić information content (AvgIpc) is 3.22. The highest BCUT2D eigenvalue weighted by Gasteiger charge is 2.44. The first-order chi connectivity index (χ1) is 11.7. The van der Waals surface area contributed by atoms with Crippen LogP contribution in [0.3, 0.4) is 0 Å². The Morgan fingerprint density at radius 3 is 3.12 bits per heavy atom. The second kappa shape index (κ2) is 5.81. The number of fused-ring (bicyclic) bond motifs is 2. The van der Waals surface area contributed by atoms with Gasteiger partial charge in [-0.15, -0.1) is 5.10 Å². The Morgan fingerprint density at radius 2 is 2.29 bits per heavy atom. The highest BCUT2D eigenvalue weighted by Crippen LogP contribution is 2.44. The van der Waals surface area contributed by atoms with E-state index < -0.39 is 0 Å². The molecule has 1 atom stereocenters. The third-order valence-electron chi connectivity index (χ3n) is 5.13. The van der Waals surface area contributed by atoms with Crippen molar-refractivity contribution in [1.29, 1.82) is 0 Å². The van der Waals surface area contributed by atoms with E-state index in [1.807, 2.05) is 11.1 Å². The van der Waals surface area contributed by atoms with E-state index in [1.165, 1.54) is 11.9 Å². The number of nitrogens with two attached hydrogens (primary N) is 1. The van der Waals surface area contributed by atoms with E-state index in [0.29, 0.717) is 25.5 Å². The van der Waals surface area contributed by atoms with Gasteiger partial charge < -0.3 is 10.6 Å². The van der Waals surface area contributed by atoms with Crippen molar-refractivity contribution in [3.63, 3.8) is 0 Å². The predicted octanol–water partition coefficient (Wildman–Crippen LogP) is -0.0580. The summed E-state index contributed by atoms with van der Waals surface area (Å²) in [6, 6.07) is 0. The molecule has 1 saturated heterocycles. The number of hydrogen-bond donors (Lipinski definition) is 1. The quantitative estimate of drug-likeness (QED) is 0.839. The molecule has 1 aliphatic carbocycles. The fraction of sp³-hybridized carbons (Fsp3) is 0.600. The number of aromatic nitrogens is 6. The molecular weight excluding hydrogens is 308 g/mol. The number of likely N-dealkylation sites (tertiary alicyclic amines) is 1. The number of carbonyl (C=O) groups excluding carboxylic acids is 1. The van der Waals surface area contributed by atoms with Crippen molar-refractivity contribution >= 4 is 11.9 Å². The van der Waals surface area contributed by atoms with E-state index in [2.05, 4.69) is 25.5 Å². The van der Waals surface area contributed by atoms with Crippen molar-refractivity contribution in [2.45, 2.75) is 44.1 Å². The molecule has 0 aromatic carbocycles. The Labute approximate surface area is 139 Å². The zero-order valence-electron chi connectivity index (χ0n) is 13.4. The first-order valence-corrected chi connectivity index (χ1v) is 8.27. The second-order valence-corrected chi connectivity index (χ2v) is 6.62. The maximum absolute atomic E-state index is 12.6. The lowest BCUT2D eigenvalue weighted by atomic mass is 9.77. The van der Waals surface area contributed by atoms with Crippen LogP contribution in [0.4, 0.5) is 5.95 Å². The third-order valence-corrected chi connectivity index (χ3v) is 5.13. The fourth-order valence-electron chi connectivity index (χ4n) is 3.95. The topological polar surface area (TPSA) is 116 Å². The predicted molar refractivity (Wildman–Crippen MR) is 84.7 cm³/mol. The number of amides is 1. The second-order valence-electron chi connectivity index (χ2n) is 6.62. The summed E-state index contributed by atoms with van der Waals surface area (Å²) in [5.41, 5.74) is 7.95. The summed E-state index contributed by atoms with van der Waals surface area (Å²) in [4.78, 5) is 23.2. The van der Waals surface area contributed by atoms with Crippen molar-refractivity contribution in [1.82, 2.24) is 35.1 Å². The van der Waals surface area contributed by atoms with Gasteiger partial charge in [0.2, 0.25) is 11.9 Å². The molecule has 1 amide bonds. The molecule has 2 N–H and O–H groups in total. The molecule has 4 rings (SSSR count). The summed E-state index contributed by atoms with van der Waals surface area (Å²) in [5, 5.41) is 11.0. The molecule has 0 bridgehead atoms. The summed E-state index contributed by atoms with van der Waals surface area (Å²) in [6.45, 7) is 2.01. The number of piperidine rings is 1. The van der Waals surface area contributed by atoms with E-state index in [1.54, 1.807) is 4.68 Å². The van der Waals surface area contributed by atoms with Gasteiger partial charge in [-0.25, -0.2) is 14.6 Å². The van der Waals surface area contributed by atoms with Crippen LogP contribution in [0, 0.1) is 0 Å². The molecule has 3 heterocycles. The smallest absolute Gasteiger partial charge is 0.224 e. The summed E-state index contributed by atoms with van der Waals surface area (Å²) < 4.78 is 1.58. The van der Waals surface area contributed by atoms with Gasteiger partial charge in [-0.2, -0.15) is 0 Å². The molecule has 1 spiro atoms. The van der Waals surface area contributed by atoms with Crippen LogP contribution in [-0.4, -0.2) is 54.1 Å². The van der Waals surface area contributed by atoms with Gasteiger partial charge in [0.1, 0.15) is 6.33 Å². The minimum Gasteiger partial charge on any atom is -0.368 e. The SMILES string of the molecule is Nc1ncc2c(n1)C1(CCCN(C(=O)CCn3cnnn3)C1)CC2. The molecule has 2 aromatic rings. The molecule has 0 radical (unpaired) electrons. The van der Waals surface area contributed by atoms with E-state index in [9.17, 15) is 4.79 Å². The lowest BCUT2D eigenvalue weighted by Gasteiger charge is -2.40. The summed E-state index contributed by atoms with van der Waals surface area (Å²) in [6.07, 6.45) is 7.77. The van der Waals surface area contributed by atoms with Gasteiger partial charge in [0, 0.05) is 31.1 Å². The van der Waals surface area contributed by atoms with Crippen molar-refractivity contribution in [2.24, 2.45) is 0 Å². The summed E-state index contributed by atoms with van der Waals surface area (Å²) in [7, 11) is 0. The van der Waals surface area contributed by atoms with E-state index >= 15 is 0 Å². The first kappa shape index (κ1) is 15.0. The third kappa shape index (κ3) is 2.59. The lowest BCUT2D eigenvalue weighted by molar-refractivity contribution is -0.133. The van der Waals surface area contributed by atoms with Crippen molar-refractivity contribution in [3.8, 4) is 0 Å². The van der Waals surface area contributed by atoms with Gasteiger partial charge in [-0.3, -0.25) is 4.79 Å². The standard InChI is InChI=1S/C15H20N8O/c16-14-17-8-11-2-5-15(13(11)19-14)4-1-6-22(9-15)12(24)3-7-23-10-18-20-21-23/h8,10H,1-7,9H2,(H2,16,17,19). The van der Waals surface area contributed by atoms with Crippen LogP contribution in [0.2, 0.25) is 0 Å². The minimum atomic E-state index is -0.0604. The average molecular weight is 328 g/mol. The van der Waals surface area contributed by atoms with Gasteiger partial charge in [0.25, 0.3) is 0 Å². The number of rotatable bonds is 3. The number of nitrogen functional groups attached to an aromatic ring is 1. The van der Waals surface area contributed by atoms with Crippen LogP contribution < -0.4 is 5.73 Å². The molecule has 9 heteroatoms. The van der Waals surface area contributed by atoms with Crippen molar-refractivity contribution in [3.05, 3.63) is 23.8 Å². The number of carbonyl (C=O) groups is 1. The van der Waals surface area contributed by atoms with Crippen molar-refractivity contribution < 1.29 is 4.79 Å². The molecule has 126 valence electrons. The molecule has 2 aliphatic rings. The molecule has 0 saturated carbocycles. The molecule has 24 heavy (non-hydrogen) atoms. The van der Waals surface area contributed by atoms with Gasteiger partial charge >= 0.3 is 0 Å². The van der Waals surface area contributed by atoms with E-state index in [0.717, 1.165) is 37.9 Å². The van der Waals surface area contributed by atoms with Crippen LogP contribution in [0.15, 0.2) is 12.5 Å². The van der Waals surface area contributed by atoms with E-state index in [-0.39, 0.29) is 11.3 Å². The Morgan fingerprint density at radius 1 is 1.38 bits per heavy atom. The normalized spacial score (nSPS) is 22.8. The van der Waals surface area contributed by atoms with Crippen LogP contribution in [-0.2, 0) is 23.2 Å². The maximum atomic E-state index is 12.6. The Hall–Kier alpha value is -2.58. The summed E-state index contributed by atoms with van der Waals surface area (Å²) >= 11 is 0. The zero-order valence-corrected chi connectivity index (χ0v) is 13.4. The molecule has 2 aromatic heterocycles. The molecule has 1 unspecified atom stereocenters. The fourth-order valence-corrected chi connectivity index (χ4v) is 3.95. The number of nitrogens with zero attached hydrogens (tertiary/aromatic N) is 7. The van der Waals surface area contributed by atoms with Crippen LogP contribution in [0.1, 0.15) is 36.9 Å². The Bertz CT molecular complexity index is 742. The van der Waals surface area contributed by atoms with Gasteiger partial charge in [0.15, 0.2) is 0 Å². The van der Waals surface area contributed by atoms with Crippen LogP contribution in [0.25, 0.3) is 0 Å². The number of tetrazole rings is 1. The monoisotopic (exact) mass is 328 g/mol. The van der Waals surface area contributed by atoms with Crippen LogP contribution >= 0.6 is 0 Å². The number of aryl methyl sites for hydroxylation is 2. The first-order valence-electron chi connectivity index (χ1n) is 8.27.